The summed E-state index contributed by atoms with van der Waals surface area (Å²) in [7, 11) is 5.42. The third-order valence-electron chi connectivity index (χ3n) is 7.53. The monoisotopic (exact) mass is 493 g/mol. The summed E-state index contributed by atoms with van der Waals surface area (Å²) >= 11 is 0. The van der Waals surface area contributed by atoms with Crippen molar-refractivity contribution >= 4 is 35.0 Å². The molecule has 1 aromatic heterocycles. The highest BCUT2D eigenvalue weighted by Gasteiger charge is 2.32. The molecule has 3 heterocycles. The highest BCUT2D eigenvalue weighted by Crippen LogP contribution is 2.37. The SMILES string of the molecule is COc1cc(C(=O)N[C@@H]2CCN(C)C2)ccc1Nc1ncc2c(n1)N(C1CCCC1)CCC(=O)N2C. The molecule has 5 rings (SSSR count). The first-order valence-electron chi connectivity index (χ1n) is 12.8. The van der Waals surface area contributed by atoms with Gasteiger partial charge < -0.3 is 30.1 Å². The lowest BCUT2D eigenvalue weighted by atomic mass is 10.1. The number of nitrogens with one attached hydrogen (secondary N) is 2. The average Bonchev–Trinajstić information content (AvgIpc) is 3.53. The fraction of sp³-hybridized carbons (Fsp3) is 0.538. The molecule has 36 heavy (non-hydrogen) atoms. The Morgan fingerprint density at radius 2 is 1.94 bits per heavy atom. The molecule has 2 fully saturated rings. The number of benzene rings is 1. The van der Waals surface area contributed by atoms with E-state index in [2.05, 4.69) is 32.5 Å². The molecule has 1 atom stereocenters. The average molecular weight is 494 g/mol. The van der Waals surface area contributed by atoms with Crippen molar-refractivity contribution in [1.82, 2.24) is 20.2 Å². The largest absolute Gasteiger partial charge is 0.495 e. The lowest BCUT2D eigenvalue weighted by Gasteiger charge is -2.30. The second kappa shape index (κ2) is 10.3. The molecule has 0 bridgehead atoms. The molecule has 1 aliphatic carbocycles. The summed E-state index contributed by atoms with van der Waals surface area (Å²) in [4.78, 5) is 40.9. The normalized spacial score (nSPS) is 20.9. The third-order valence-corrected chi connectivity index (χ3v) is 7.53. The standard InChI is InChI=1S/C26H35N7O3/c1-31-12-10-18(16-31)28-25(35)17-8-9-20(22(14-17)36-3)29-26-27-15-21-24(30-26)33(19-6-4-5-7-19)13-11-23(34)32(21)2/h8-9,14-15,18-19H,4-7,10-13,16H2,1-3H3,(H,28,35)(H,27,29,30)/t18-/m1/s1. The summed E-state index contributed by atoms with van der Waals surface area (Å²) in [5.74, 6) is 1.69. The molecule has 2 N–H and O–H groups in total. The lowest BCUT2D eigenvalue weighted by Crippen LogP contribution is -2.36. The van der Waals surface area contributed by atoms with Gasteiger partial charge in [-0.15, -0.1) is 0 Å². The number of methoxy groups -OCH3 is 1. The molecular formula is C26H35N7O3. The van der Waals surface area contributed by atoms with Crippen LogP contribution >= 0.6 is 0 Å². The van der Waals surface area contributed by atoms with Crippen molar-refractivity contribution in [3.8, 4) is 5.75 Å². The van der Waals surface area contributed by atoms with E-state index in [1.165, 1.54) is 12.8 Å². The molecule has 10 heteroatoms. The van der Waals surface area contributed by atoms with E-state index < -0.39 is 0 Å². The van der Waals surface area contributed by atoms with E-state index in [9.17, 15) is 9.59 Å². The Hall–Kier alpha value is -3.40. The van der Waals surface area contributed by atoms with Crippen molar-refractivity contribution < 1.29 is 14.3 Å². The minimum atomic E-state index is -0.110. The fourth-order valence-electron chi connectivity index (χ4n) is 5.45. The summed E-state index contributed by atoms with van der Waals surface area (Å²) in [6.45, 7) is 2.50. The summed E-state index contributed by atoms with van der Waals surface area (Å²) < 4.78 is 5.59. The molecule has 10 nitrogen and oxygen atoms in total. The fourth-order valence-corrected chi connectivity index (χ4v) is 5.45. The molecule has 1 saturated heterocycles. The molecule has 2 aromatic rings. The molecular weight excluding hydrogens is 458 g/mol. The molecule has 192 valence electrons. The van der Waals surface area contributed by atoms with Gasteiger partial charge in [-0.05, 0) is 51.1 Å². The van der Waals surface area contributed by atoms with E-state index >= 15 is 0 Å². The van der Waals surface area contributed by atoms with Crippen LogP contribution in [0.1, 0.15) is 48.9 Å². The van der Waals surface area contributed by atoms with Gasteiger partial charge in [-0.3, -0.25) is 9.59 Å². The van der Waals surface area contributed by atoms with E-state index in [1.807, 2.05) is 6.07 Å². The van der Waals surface area contributed by atoms with Gasteiger partial charge in [0.15, 0.2) is 5.82 Å². The highest BCUT2D eigenvalue weighted by molar-refractivity contribution is 5.97. The van der Waals surface area contributed by atoms with Crippen LogP contribution in [0.4, 0.5) is 23.1 Å². The Labute approximate surface area is 212 Å². The smallest absolute Gasteiger partial charge is 0.251 e. The maximum atomic E-state index is 12.8. The Morgan fingerprint density at radius 1 is 1.14 bits per heavy atom. The molecule has 1 aromatic carbocycles. The number of hydrogen-bond donors (Lipinski definition) is 2. The number of fused-ring (bicyclic) bond motifs is 1. The number of anilines is 4. The molecule has 3 aliphatic rings. The van der Waals surface area contributed by atoms with Gasteiger partial charge in [0.05, 0.1) is 19.0 Å². The molecule has 0 unspecified atom stereocenters. The molecule has 0 spiro atoms. The topological polar surface area (TPSA) is 103 Å². The van der Waals surface area contributed by atoms with Gasteiger partial charge in [-0.25, -0.2) is 4.98 Å². The quantitative estimate of drug-likeness (QED) is 0.633. The second-order valence-electron chi connectivity index (χ2n) is 10.00. The van der Waals surface area contributed by atoms with Crippen LogP contribution in [0, 0.1) is 0 Å². The van der Waals surface area contributed by atoms with Crippen LogP contribution in [0.3, 0.4) is 0 Å². The van der Waals surface area contributed by atoms with Crippen molar-refractivity contribution in [2.75, 3.05) is 56.0 Å². The highest BCUT2D eigenvalue weighted by atomic mass is 16.5. The minimum Gasteiger partial charge on any atom is -0.495 e. The first-order chi connectivity index (χ1) is 17.4. The van der Waals surface area contributed by atoms with Crippen molar-refractivity contribution in [1.29, 1.82) is 0 Å². The van der Waals surface area contributed by atoms with Gasteiger partial charge in [-0.1, -0.05) is 12.8 Å². The Bertz CT molecular complexity index is 1130. The van der Waals surface area contributed by atoms with Gasteiger partial charge in [0.25, 0.3) is 5.91 Å². The van der Waals surface area contributed by atoms with Gasteiger partial charge in [0, 0.05) is 44.2 Å². The molecule has 0 radical (unpaired) electrons. The number of amides is 2. The van der Waals surface area contributed by atoms with Gasteiger partial charge in [0.2, 0.25) is 11.9 Å². The summed E-state index contributed by atoms with van der Waals surface area (Å²) in [5.41, 5.74) is 1.94. The molecule has 2 amide bonds. The Morgan fingerprint density at radius 3 is 2.67 bits per heavy atom. The molecule has 2 aliphatic heterocycles. The van der Waals surface area contributed by atoms with Gasteiger partial charge in [0.1, 0.15) is 11.4 Å². The predicted octanol–water partition coefficient (Wildman–Crippen LogP) is 2.78. The minimum absolute atomic E-state index is 0.0702. The van der Waals surface area contributed by atoms with E-state index in [0.717, 1.165) is 43.9 Å². The van der Waals surface area contributed by atoms with Crippen LogP contribution in [0.15, 0.2) is 24.4 Å². The van der Waals surface area contributed by atoms with Crippen molar-refractivity contribution in [3.05, 3.63) is 30.0 Å². The first kappa shape index (κ1) is 24.3. The number of nitrogens with zero attached hydrogens (tertiary/aromatic N) is 5. The zero-order valence-corrected chi connectivity index (χ0v) is 21.3. The van der Waals surface area contributed by atoms with E-state index in [0.29, 0.717) is 42.0 Å². The number of rotatable bonds is 6. The van der Waals surface area contributed by atoms with Crippen molar-refractivity contribution in [2.45, 2.75) is 50.6 Å². The van der Waals surface area contributed by atoms with Crippen molar-refractivity contribution in [2.24, 2.45) is 0 Å². The predicted molar refractivity (Wildman–Crippen MR) is 139 cm³/mol. The van der Waals surface area contributed by atoms with Gasteiger partial charge in [-0.2, -0.15) is 4.98 Å². The number of ether oxygens (including phenoxy) is 1. The maximum Gasteiger partial charge on any atom is 0.251 e. The lowest BCUT2D eigenvalue weighted by molar-refractivity contribution is -0.118. The van der Waals surface area contributed by atoms with Crippen molar-refractivity contribution in [3.63, 3.8) is 0 Å². The van der Waals surface area contributed by atoms with Crippen LogP contribution in [-0.4, -0.2) is 79.6 Å². The van der Waals surface area contributed by atoms with Gasteiger partial charge >= 0.3 is 0 Å². The van der Waals surface area contributed by atoms with E-state index in [4.69, 9.17) is 9.72 Å². The Kier molecular flexibility index (Phi) is 6.95. The third kappa shape index (κ3) is 4.95. The maximum absolute atomic E-state index is 12.8. The summed E-state index contributed by atoms with van der Waals surface area (Å²) in [6.07, 6.45) is 7.74. The number of aromatic nitrogens is 2. The summed E-state index contributed by atoms with van der Waals surface area (Å²) in [5, 5.41) is 6.37. The zero-order chi connectivity index (χ0) is 25.2. The first-order valence-corrected chi connectivity index (χ1v) is 12.8. The van der Waals surface area contributed by atoms with Crippen LogP contribution in [0.2, 0.25) is 0 Å². The number of likely N-dealkylation sites (N-methyl/N-ethyl adjacent to an activating group) is 1. The van der Waals surface area contributed by atoms with Crippen LogP contribution < -0.4 is 25.2 Å². The van der Waals surface area contributed by atoms with E-state index in [-0.39, 0.29) is 17.9 Å². The number of carbonyl (C=O) groups is 2. The van der Waals surface area contributed by atoms with Crippen LogP contribution in [0.5, 0.6) is 5.75 Å². The molecule has 1 saturated carbocycles. The van der Waals surface area contributed by atoms with Crippen LogP contribution in [-0.2, 0) is 4.79 Å². The number of carbonyl (C=O) groups excluding carboxylic acids is 2. The number of hydrogen-bond acceptors (Lipinski definition) is 8. The second-order valence-corrected chi connectivity index (χ2v) is 10.00. The Balaban J connectivity index is 1.38. The van der Waals surface area contributed by atoms with E-state index in [1.54, 1.807) is 37.4 Å². The zero-order valence-electron chi connectivity index (χ0n) is 21.3. The number of likely N-dealkylation sites (tertiary alicyclic amines) is 1. The van der Waals surface area contributed by atoms with Crippen LogP contribution in [0.25, 0.3) is 0 Å². The summed E-state index contributed by atoms with van der Waals surface area (Å²) in [6, 6.07) is 5.87.